The molecule has 2 aromatic heterocycles. The lowest BCUT2D eigenvalue weighted by Gasteiger charge is -2.40. The molecule has 64 heavy (non-hydrogen) atoms. The standard InChI is InChI=1S/C49H60N8O7/c1-62-47(60)54-41(29-11-5-3-6-12-29)45(58)56-21-9-15-39(56)43-50-25-37(52-43)31-17-19-33-34-20-18-32(24-36(34)49(27-64-28-49)35(33)23-31)38-26-51-44(53-38)40-16-10-22-57(40)46(59)42(55-48(61)63-2)30-13-7-4-8-14-30/h17-20,23-26,29-30,39-42H,3-16,21-22,27-28H2,1-2H3,(H,50,52)(H,51,53)(H,54,60)(H,55,61)/t39-,40-,41-,42-/m0/s1. The van der Waals surface area contributed by atoms with Gasteiger partial charge in [0.25, 0.3) is 0 Å². The van der Waals surface area contributed by atoms with Gasteiger partial charge in [0, 0.05) is 13.1 Å². The lowest BCUT2D eigenvalue weighted by atomic mass is 9.75. The Bertz CT molecular complexity index is 2230. The average molecular weight is 873 g/mol. The Labute approximate surface area is 373 Å². The number of amides is 4. The average Bonchev–Trinajstić information content (AvgIpc) is 4.18. The monoisotopic (exact) mass is 872 g/mol. The van der Waals surface area contributed by atoms with Gasteiger partial charge in [-0.3, -0.25) is 9.59 Å². The Kier molecular flexibility index (Phi) is 11.7. The number of imidazole rings is 2. The van der Waals surface area contributed by atoms with Crippen LogP contribution in [0.5, 0.6) is 0 Å². The second-order valence-corrected chi connectivity index (χ2v) is 18.9. The first-order valence-electron chi connectivity index (χ1n) is 23.5. The van der Waals surface area contributed by atoms with Crippen LogP contribution in [-0.2, 0) is 29.2 Å². The third-order valence-corrected chi connectivity index (χ3v) is 15.3. The molecule has 15 nitrogen and oxygen atoms in total. The summed E-state index contributed by atoms with van der Waals surface area (Å²) in [5.74, 6) is 1.56. The highest BCUT2D eigenvalue weighted by Gasteiger charge is 2.50. The molecule has 5 heterocycles. The van der Waals surface area contributed by atoms with Gasteiger partial charge in [-0.15, -0.1) is 0 Å². The number of nitrogens with zero attached hydrogens (tertiary/aromatic N) is 4. The van der Waals surface area contributed by atoms with Crippen LogP contribution in [0.2, 0.25) is 0 Å². The molecular formula is C49H60N8O7. The van der Waals surface area contributed by atoms with E-state index in [9.17, 15) is 19.2 Å². The number of hydrogen-bond donors (Lipinski definition) is 4. The van der Waals surface area contributed by atoms with Gasteiger partial charge in [-0.1, -0.05) is 62.8 Å². The molecule has 0 unspecified atom stereocenters. The van der Waals surface area contributed by atoms with Gasteiger partial charge in [-0.05, 0) is 109 Å². The molecule has 10 rings (SSSR count). The number of alkyl carbamates (subject to hydrolysis) is 2. The van der Waals surface area contributed by atoms with E-state index in [0.29, 0.717) is 26.3 Å². The van der Waals surface area contributed by atoms with E-state index in [1.807, 2.05) is 22.2 Å². The van der Waals surface area contributed by atoms with Gasteiger partial charge < -0.3 is 44.6 Å². The summed E-state index contributed by atoms with van der Waals surface area (Å²) in [5, 5.41) is 5.78. The maximum atomic E-state index is 14.2. The van der Waals surface area contributed by atoms with Crippen LogP contribution < -0.4 is 10.6 Å². The molecule has 338 valence electrons. The zero-order chi connectivity index (χ0) is 44.0. The Balaban J connectivity index is 0.871. The highest BCUT2D eigenvalue weighted by molar-refractivity contribution is 5.88. The maximum absolute atomic E-state index is 14.2. The molecule has 2 saturated carbocycles. The minimum atomic E-state index is -0.617. The summed E-state index contributed by atoms with van der Waals surface area (Å²) in [7, 11) is 2.68. The van der Waals surface area contributed by atoms with Gasteiger partial charge >= 0.3 is 12.2 Å². The lowest BCUT2D eigenvalue weighted by molar-refractivity contribution is -0.136. The minimum Gasteiger partial charge on any atom is -0.453 e. The first-order chi connectivity index (χ1) is 31.3. The van der Waals surface area contributed by atoms with Crippen LogP contribution in [-0.4, -0.2) is 106 Å². The molecule has 0 bridgehead atoms. The van der Waals surface area contributed by atoms with Gasteiger partial charge in [0.15, 0.2) is 0 Å². The van der Waals surface area contributed by atoms with Crippen LogP contribution in [0, 0.1) is 11.8 Å². The number of rotatable bonds is 10. The third kappa shape index (κ3) is 7.62. The quantitative estimate of drug-likeness (QED) is 0.124. The fraction of sp³-hybridized carbons (Fsp3) is 0.551. The van der Waals surface area contributed by atoms with Crippen LogP contribution in [0.3, 0.4) is 0 Å². The van der Waals surface area contributed by atoms with Crippen molar-refractivity contribution < 1.29 is 33.4 Å². The Hall–Kier alpha value is -5.70. The zero-order valence-electron chi connectivity index (χ0n) is 37.0. The molecule has 4 amide bonds. The predicted octanol–water partition coefficient (Wildman–Crippen LogP) is 7.70. The number of methoxy groups -OCH3 is 2. The number of aromatic nitrogens is 4. The summed E-state index contributed by atoms with van der Waals surface area (Å²) in [6, 6.07) is 11.5. The molecule has 15 heteroatoms. The molecule has 3 aliphatic heterocycles. The van der Waals surface area contributed by atoms with Gasteiger partial charge in [0.2, 0.25) is 11.8 Å². The first kappa shape index (κ1) is 42.3. The fourth-order valence-electron chi connectivity index (χ4n) is 11.8. The maximum Gasteiger partial charge on any atom is 0.407 e. The number of carbonyl (C=O) groups is 4. The molecule has 3 saturated heterocycles. The summed E-state index contributed by atoms with van der Waals surface area (Å²) in [6.45, 7) is 2.37. The Morgan fingerprint density at radius 3 is 1.47 bits per heavy atom. The molecule has 6 aliphatic rings. The smallest absolute Gasteiger partial charge is 0.407 e. The van der Waals surface area contributed by atoms with Gasteiger partial charge in [0.1, 0.15) is 23.7 Å². The van der Waals surface area contributed by atoms with Gasteiger partial charge in [0.05, 0.1) is 68.7 Å². The topological polar surface area (TPSA) is 184 Å². The number of fused-ring (bicyclic) bond motifs is 5. The van der Waals surface area contributed by atoms with E-state index in [0.717, 1.165) is 124 Å². The number of likely N-dealkylation sites (tertiary alicyclic amines) is 2. The lowest BCUT2D eigenvalue weighted by Crippen LogP contribution is -2.52. The summed E-state index contributed by atoms with van der Waals surface area (Å²) in [4.78, 5) is 73.9. The van der Waals surface area contributed by atoms with E-state index in [4.69, 9.17) is 24.2 Å². The van der Waals surface area contributed by atoms with E-state index in [1.165, 1.54) is 36.5 Å². The summed E-state index contributed by atoms with van der Waals surface area (Å²) >= 11 is 0. The van der Waals surface area contributed by atoms with E-state index >= 15 is 0 Å². The van der Waals surface area contributed by atoms with Crippen molar-refractivity contribution in [2.75, 3.05) is 40.5 Å². The number of ether oxygens (including phenoxy) is 3. The van der Waals surface area contributed by atoms with Crippen molar-refractivity contribution in [2.24, 2.45) is 11.8 Å². The van der Waals surface area contributed by atoms with E-state index < -0.39 is 24.3 Å². The molecule has 4 N–H and O–H groups in total. The summed E-state index contributed by atoms with van der Waals surface area (Å²) in [5.41, 5.74) is 8.32. The molecule has 2 aromatic carbocycles. The van der Waals surface area contributed by atoms with Crippen molar-refractivity contribution in [3.63, 3.8) is 0 Å². The molecule has 3 aliphatic carbocycles. The second-order valence-electron chi connectivity index (χ2n) is 18.9. The van der Waals surface area contributed by atoms with Crippen LogP contribution in [0.4, 0.5) is 9.59 Å². The van der Waals surface area contributed by atoms with Crippen molar-refractivity contribution in [3.8, 4) is 33.6 Å². The van der Waals surface area contributed by atoms with Crippen LogP contribution >= 0.6 is 0 Å². The molecular weight excluding hydrogens is 813 g/mol. The van der Waals surface area contributed by atoms with Crippen molar-refractivity contribution in [3.05, 3.63) is 71.6 Å². The van der Waals surface area contributed by atoms with Crippen molar-refractivity contribution >= 4 is 24.0 Å². The third-order valence-electron chi connectivity index (χ3n) is 15.3. The summed E-state index contributed by atoms with van der Waals surface area (Å²) < 4.78 is 15.9. The van der Waals surface area contributed by atoms with Crippen molar-refractivity contribution in [1.29, 1.82) is 0 Å². The molecule has 1 spiro atoms. The predicted molar refractivity (Wildman–Crippen MR) is 238 cm³/mol. The number of H-pyrrole nitrogens is 2. The number of aromatic amines is 2. The number of carbonyl (C=O) groups excluding carboxylic acids is 4. The minimum absolute atomic E-state index is 0.0608. The molecule has 4 atom stereocenters. The molecule has 0 radical (unpaired) electrons. The van der Waals surface area contributed by atoms with Crippen LogP contribution in [0.1, 0.15) is 125 Å². The van der Waals surface area contributed by atoms with Crippen molar-refractivity contribution in [2.45, 2.75) is 119 Å². The second kappa shape index (κ2) is 17.7. The summed E-state index contributed by atoms with van der Waals surface area (Å²) in [6.07, 6.45) is 16.1. The highest BCUT2D eigenvalue weighted by Crippen LogP contribution is 2.54. The van der Waals surface area contributed by atoms with Gasteiger partial charge in [-0.25, -0.2) is 19.6 Å². The first-order valence-corrected chi connectivity index (χ1v) is 23.5. The van der Waals surface area contributed by atoms with E-state index in [2.05, 4.69) is 57.0 Å². The van der Waals surface area contributed by atoms with Gasteiger partial charge in [-0.2, -0.15) is 0 Å². The molecule has 5 fully saturated rings. The van der Waals surface area contributed by atoms with E-state index in [-0.39, 0.29) is 41.1 Å². The highest BCUT2D eigenvalue weighted by atomic mass is 16.5. The number of nitrogens with one attached hydrogen (secondary N) is 4. The van der Waals surface area contributed by atoms with Crippen LogP contribution in [0.15, 0.2) is 48.8 Å². The van der Waals surface area contributed by atoms with Crippen molar-refractivity contribution in [1.82, 2.24) is 40.4 Å². The Morgan fingerprint density at radius 2 is 1.08 bits per heavy atom. The molecule has 4 aromatic rings. The fourth-order valence-corrected chi connectivity index (χ4v) is 11.8. The Morgan fingerprint density at radius 1 is 0.641 bits per heavy atom. The largest absolute Gasteiger partial charge is 0.453 e. The number of hydrogen-bond acceptors (Lipinski definition) is 9. The van der Waals surface area contributed by atoms with E-state index in [1.54, 1.807) is 0 Å². The zero-order valence-corrected chi connectivity index (χ0v) is 37.0. The number of benzene rings is 2. The normalized spacial score (nSPS) is 22.7. The SMILES string of the molecule is COC(=O)N[C@H](C(=O)N1CCC[C@H]1c1ncc(-c2ccc3c(c2)C2(COC2)c2cc(-c4cnc([C@@H]5CCCN5C(=O)[C@@H](NC(=O)OC)C5CCCCC5)[nH]4)ccc2-3)[nH]1)C1CCCCC1. The van der Waals surface area contributed by atoms with Crippen LogP contribution in [0.25, 0.3) is 33.6 Å².